The van der Waals surface area contributed by atoms with Crippen LogP contribution in [0.4, 0.5) is 0 Å². The van der Waals surface area contributed by atoms with Gasteiger partial charge in [-0.15, -0.1) is 0 Å². The molecular weight excluding hydrogens is 216 g/mol. The lowest BCUT2D eigenvalue weighted by Gasteiger charge is -2.16. The third-order valence-corrected chi connectivity index (χ3v) is 3.29. The summed E-state index contributed by atoms with van der Waals surface area (Å²) in [4.78, 5) is 11.8. The minimum atomic E-state index is -1.16. The van der Waals surface area contributed by atoms with E-state index in [4.69, 9.17) is 4.74 Å². The van der Waals surface area contributed by atoms with Crippen LogP contribution < -0.4 is 0 Å². The van der Waals surface area contributed by atoms with Crippen molar-refractivity contribution < 1.29 is 14.6 Å². The van der Waals surface area contributed by atoms with Crippen LogP contribution >= 0.6 is 0 Å². The molecule has 0 unspecified atom stereocenters. The summed E-state index contributed by atoms with van der Waals surface area (Å²) in [7, 11) is 0. The average molecular weight is 234 g/mol. The number of hydrogen-bond donors (Lipinski definition) is 1. The van der Waals surface area contributed by atoms with Gasteiger partial charge in [0, 0.05) is 0 Å². The van der Waals surface area contributed by atoms with Crippen LogP contribution in [0.25, 0.3) is 0 Å². The van der Waals surface area contributed by atoms with Crippen LogP contribution in [0.2, 0.25) is 0 Å². The van der Waals surface area contributed by atoms with E-state index in [1.54, 1.807) is 6.07 Å². The van der Waals surface area contributed by atoms with Crippen molar-refractivity contribution in [2.75, 3.05) is 0 Å². The van der Waals surface area contributed by atoms with Gasteiger partial charge in [-0.2, -0.15) is 0 Å². The highest BCUT2D eigenvalue weighted by atomic mass is 16.6. The van der Waals surface area contributed by atoms with Crippen LogP contribution in [0, 0.1) is 6.92 Å². The lowest BCUT2D eigenvalue weighted by Crippen LogP contribution is -2.21. The normalized spacial score (nSPS) is 18.0. The van der Waals surface area contributed by atoms with Gasteiger partial charge in [-0.25, -0.2) is 4.79 Å². The Balaban J connectivity index is 2.01. The van der Waals surface area contributed by atoms with Gasteiger partial charge in [0.15, 0.2) is 6.10 Å². The monoisotopic (exact) mass is 234 g/mol. The molecule has 0 aliphatic heterocycles. The van der Waals surface area contributed by atoms with Crippen molar-refractivity contribution in [2.45, 2.75) is 44.8 Å². The molecule has 3 nitrogen and oxygen atoms in total. The van der Waals surface area contributed by atoms with Crippen molar-refractivity contribution in [2.24, 2.45) is 0 Å². The zero-order valence-electron chi connectivity index (χ0n) is 10.1. The zero-order valence-corrected chi connectivity index (χ0v) is 10.1. The molecule has 0 radical (unpaired) electrons. The van der Waals surface area contributed by atoms with E-state index in [0.717, 1.165) is 31.2 Å². The smallest absolute Gasteiger partial charge is 0.339 e. The first kappa shape index (κ1) is 12.1. The van der Waals surface area contributed by atoms with E-state index in [0.29, 0.717) is 5.56 Å². The van der Waals surface area contributed by atoms with Crippen LogP contribution in [0.1, 0.15) is 42.9 Å². The number of aliphatic hydroxyl groups excluding tert-OH is 1. The van der Waals surface area contributed by atoms with Gasteiger partial charge in [-0.3, -0.25) is 0 Å². The van der Waals surface area contributed by atoms with E-state index >= 15 is 0 Å². The molecule has 0 heterocycles. The maximum absolute atomic E-state index is 11.8. The zero-order chi connectivity index (χ0) is 12.3. The second-order valence-electron chi connectivity index (χ2n) is 4.60. The van der Waals surface area contributed by atoms with Gasteiger partial charge in [0.05, 0.1) is 0 Å². The largest absolute Gasteiger partial charge is 0.460 e. The summed E-state index contributed by atoms with van der Waals surface area (Å²) in [5.41, 5.74) is 1.54. The Morgan fingerprint density at radius 2 is 2.00 bits per heavy atom. The molecule has 1 atom stereocenters. The summed E-state index contributed by atoms with van der Waals surface area (Å²) < 4.78 is 5.29. The number of carbonyl (C=O) groups excluding carboxylic acids is 1. The second-order valence-corrected chi connectivity index (χ2v) is 4.60. The van der Waals surface area contributed by atoms with Gasteiger partial charge >= 0.3 is 5.97 Å². The molecule has 0 amide bonds. The molecule has 0 saturated heterocycles. The molecular formula is C14H18O3. The lowest BCUT2D eigenvalue weighted by molar-refractivity contribution is -0.159. The summed E-state index contributed by atoms with van der Waals surface area (Å²) in [6.07, 6.45) is 2.91. The molecule has 92 valence electrons. The second kappa shape index (κ2) is 5.32. The molecule has 1 saturated carbocycles. The predicted molar refractivity (Wildman–Crippen MR) is 64.5 cm³/mol. The van der Waals surface area contributed by atoms with Gasteiger partial charge in [0.1, 0.15) is 6.10 Å². The Kier molecular flexibility index (Phi) is 3.79. The van der Waals surface area contributed by atoms with Crippen LogP contribution in [0.15, 0.2) is 24.3 Å². The molecule has 1 aliphatic rings. The van der Waals surface area contributed by atoms with Crippen LogP contribution in [0.5, 0.6) is 0 Å². The highest BCUT2D eigenvalue weighted by Gasteiger charge is 2.25. The first-order valence-electron chi connectivity index (χ1n) is 6.12. The summed E-state index contributed by atoms with van der Waals surface area (Å²) in [5, 5.41) is 9.96. The Labute approximate surface area is 101 Å². The topological polar surface area (TPSA) is 46.5 Å². The van der Waals surface area contributed by atoms with E-state index in [2.05, 4.69) is 0 Å². The fraction of sp³-hybridized carbons (Fsp3) is 0.500. The SMILES string of the molecule is Cc1ccccc1[C@H](O)C(=O)OC1CCCC1. The van der Waals surface area contributed by atoms with Crippen molar-refractivity contribution >= 4 is 5.97 Å². The van der Waals surface area contributed by atoms with E-state index < -0.39 is 12.1 Å². The summed E-state index contributed by atoms with van der Waals surface area (Å²) in [6.45, 7) is 1.88. The molecule has 1 aromatic carbocycles. The Morgan fingerprint density at radius 1 is 1.35 bits per heavy atom. The quantitative estimate of drug-likeness (QED) is 0.817. The van der Waals surface area contributed by atoms with Crippen LogP contribution in [0.3, 0.4) is 0 Å². The van der Waals surface area contributed by atoms with E-state index in [9.17, 15) is 9.90 Å². The molecule has 3 heteroatoms. The van der Waals surface area contributed by atoms with Gasteiger partial charge in [-0.1, -0.05) is 24.3 Å². The molecule has 2 rings (SSSR count). The number of rotatable bonds is 3. The predicted octanol–water partition coefficient (Wildman–Crippen LogP) is 2.51. The first-order chi connectivity index (χ1) is 8.18. The van der Waals surface area contributed by atoms with Crippen molar-refractivity contribution in [3.8, 4) is 0 Å². The number of hydrogen-bond acceptors (Lipinski definition) is 3. The van der Waals surface area contributed by atoms with E-state index in [1.807, 2.05) is 25.1 Å². The molecule has 0 bridgehead atoms. The molecule has 1 aromatic rings. The van der Waals surface area contributed by atoms with Gasteiger partial charge in [0.2, 0.25) is 0 Å². The first-order valence-corrected chi connectivity index (χ1v) is 6.12. The Hall–Kier alpha value is -1.35. The molecule has 1 N–H and O–H groups in total. The summed E-state index contributed by atoms with van der Waals surface area (Å²) in [6, 6.07) is 7.33. The third-order valence-electron chi connectivity index (χ3n) is 3.29. The number of esters is 1. The average Bonchev–Trinajstić information content (AvgIpc) is 2.81. The number of benzene rings is 1. The van der Waals surface area contributed by atoms with Crippen LogP contribution in [-0.2, 0) is 9.53 Å². The van der Waals surface area contributed by atoms with Crippen molar-refractivity contribution in [3.63, 3.8) is 0 Å². The maximum atomic E-state index is 11.8. The van der Waals surface area contributed by atoms with Crippen molar-refractivity contribution in [1.82, 2.24) is 0 Å². The number of aliphatic hydroxyl groups is 1. The van der Waals surface area contributed by atoms with Gasteiger partial charge in [0.25, 0.3) is 0 Å². The Bertz CT molecular complexity index is 394. The minimum absolute atomic E-state index is 0.00108. The molecule has 17 heavy (non-hydrogen) atoms. The Morgan fingerprint density at radius 3 is 2.65 bits per heavy atom. The van der Waals surface area contributed by atoms with Crippen LogP contribution in [-0.4, -0.2) is 17.2 Å². The number of ether oxygens (including phenoxy) is 1. The summed E-state index contributed by atoms with van der Waals surface area (Å²) >= 11 is 0. The molecule has 1 fully saturated rings. The number of carbonyl (C=O) groups is 1. The summed E-state index contributed by atoms with van der Waals surface area (Å²) in [5.74, 6) is -0.522. The van der Waals surface area contributed by atoms with E-state index in [-0.39, 0.29) is 6.10 Å². The third kappa shape index (κ3) is 2.86. The fourth-order valence-electron chi connectivity index (χ4n) is 2.26. The van der Waals surface area contributed by atoms with E-state index in [1.165, 1.54) is 0 Å². The number of aryl methyl sites for hydroxylation is 1. The van der Waals surface area contributed by atoms with Crippen molar-refractivity contribution in [3.05, 3.63) is 35.4 Å². The highest BCUT2D eigenvalue weighted by molar-refractivity contribution is 5.76. The van der Waals surface area contributed by atoms with Crippen molar-refractivity contribution in [1.29, 1.82) is 0 Å². The fourth-order valence-corrected chi connectivity index (χ4v) is 2.26. The maximum Gasteiger partial charge on any atom is 0.339 e. The van der Waals surface area contributed by atoms with Gasteiger partial charge in [-0.05, 0) is 43.7 Å². The lowest BCUT2D eigenvalue weighted by atomic mass is 10.0. The standard InChI is InChI=1S/C14H18O3/c1-10-6-2-5-9-12(10)13(15)14(16)17-11-7-3-4-8-11/h2,5-6,9,11,13,15H,3-4,7-8H2,1H3/t13-/m0/s1. The molecule has 0 aromatic heterocycles. The molecule has 0 spiro atoms. The molecule has 1 aliphatic carbocycles. The highest BCUT2D eigenvalue weighted by Crippen LogP contribution is 2.24. The van der Waals surface area contributed by atoms with Gasteiger partial charge < -0.3 is 9.84 Å². The minimum Gasteiger partial charge on any atom is -0.460 e.